The van der Waals surface area contributed by atoms with E-state index in [9.17, 15) is 0 Å². The molecule has 0 spiro atoms. The zero-order valence-electron chi connectivity index (χ0n) is 9.33. The highest BCUT2D eigenvalue weighted by Crippen LogP contribution is 2.26. The first kappa shape index (κ1) is 11.7. The lowest BCUT2D eigenvalue weighted by molar-refractivity contribution is 0.499. The number of furan rings is 1. The Kier molecular flexibility index (Phi) is 3.35. The molecule has 0 radical (unpaired) electrons. The average molecular weight is 327 g/mol. The summed E-state index contributed by atoms with van der Waals surface area (Å²) < 4.78 is 6.70. The third kappa shape index (κ3) is 2.30. The SMILES string of the molecule is Cc1cc(C(N)c2cccc(I)c2)c(C)o1. The molecule has 1 heterocycles. The van der Waals surface area contributed by atoms with Gasteiger partial charge in [-0.25, -0.2) is 0 Å². The second kappa shape index (κ2) is 4.59. The number of hydrogen-bond donors (Lipinski definition) is 1. The van der Waals surface area contributed by atoms with Crippen LogP contribution in [0.5, 0.6) is 0 Å². The van der Waals surface area contributed by atoms with Gasteiger partial charge in [0.05, 0.1) is 6.04 Å². The van der Waals surface area contributed by atoms with Crippen LogP contribution in [0.3, 0.4) is 0 Å². The van der Waals surface area contributed by atoms with Crippen LogP contribution < -0.4 is 5.73 Å². The fourth-order valence-corrected chi connectivity index (χ4v) is 2.41. The molecule has 2 nitrogen and oxygen atoms in total. The van der Waals surface area contributed by atoms with Gasteiger partial charge in [0.15, 0.2) is 0 Å². The Morgan fingerprint density at radius 3 is 2.56 bits per heavy atom. The largest absolute Gasteiger partial charge is 0.466 e. The third-order valence-corrected chi connectivity index (χ3v) is 3.29. The molecule has 2 rings (SSSR count). The van der Waals surface area contributed by atoms with E-state index in [0.29, 0.717) is 0 Å². The van der Waals surface area contributed by atoms with Crippen molar-refractivity contribution in [1.29, 1.82) is 0 Å². The first-order chi connectivity index (χ1) is 7.58. The van der Waals surface area contributed by atoms with Gasteiger partial charge in [0.1, 0.15) is 11.5 Å². The molecule has 2 aromatic rings. The van der Waals surface area contributed by atoms with Gasteiger partial charge in [-0.1, -0.05) is 12.1 Å². The molecule has 1 atom stereocenters. The Morgan fingerprint density at radius 2 is 2.00 bits per heavy atom. The lowest BCUT2D eigenvalue weighted by atomic mass is 10.0. The number of benzene rings is 1. The van der Waals surface area contributed by atoms with Crippen molar-refractivity contribution in [2.45, 2.75) is 19.9 Å². The van der Waals surface area contributed by atoms with Crippen LogP contribution in [0.15, 0.2) is 34.7 Å². The molecule has 0 aliphatic heterocycles. The molecule has 2 N–H and O–H groups in total. The summed E-state index contributed by atoms with van der Waals surface area (Å²) in [6.45, 7) is 3.90. The van der Waals surface area contributed by atoms with E-state index in [-0.39, 0.29) is 6.04 Å². The van der Waals surface area contributed by atoms with Gasteiger partial charge in [-0.3, -0.25) is 0 Å². The molecule has 0 bridgehead atoms. The van der Waals surface area contributed by atoms with Crippen LogP contribution in [0.25, 0.3) is 0 Å². The van der Waals surface area contributed by atoms with Gasteiger partial charge in [-0.2, -0.15) is 0 Å². The summed E-state index contributed by atoms with van der Waals surface area (Å²) in [7, 11) is 0. The van der Waals surface area contributed by atoms with E-state index in [0.717, 1.165) is 22.6 Å². The lowest BCUT2D eigenvalue weighted by Gasteiger charge is -2.11. The van der Waals surface area contributed by atoms with Crippen LogP contribution in [-0.2, 0) is 0 Å². The van der Waals surface area contributed by atoms with E-state index < -0.39 is 0 Å². The van der Waals surface area contributed by atoms with E-state index >= 15 is 0 Å². The second-order valence-electron chi connectivity index (χ2n) is 3.90. The molecule has 0 aliphatic rings. The molecule has 1 unspecified atom stereocenters. The predicted octanol–water partition coefficient (Wildman–Crippen LogP) is 3.55. The van der Waals surface area contributed by atoms with Crippen LogP contribution in [0, 0.1) is 17.4 Å². The van der Waals surface area contributed by atoms with Crippen LogP contribution in [0.1, 0.15) is 28.7 Å². The zero-order valence-corrected chi connectivity index (χ0v) is 11.5. The van der Waals surface area contributed by atoms with Crippen molar-refractivity contribution in [2.24, 2.45) is 5.73 Å². The summed E-state index contributed by atoms with van der Waals surface area (Å²) in [6.07, 6.45) is 0. The van der Waals surface area contributed by atoms with Gasteiger partial charge in [0, 0.05) is 9.13 Å². The van der Waals surface area contributed by atoms with Gasteiger partial charge in [-0.15, -0.1) is 0 Å². The minimum atomic E-state index is -0.104. The smallest absolute Gasteiger partial charge is 0.106 e. The molecule has 1 aromatic carbocycles. The van der Waals surface area contributed by atoms with E-state index in [4.69, 9.17) is 10.2 Å². The highest BCUT2D eigenvalue weighted by Gasteiger charge is 2.14. The van der Waals surface area contributed by atoms with Crippen molar-refractivity contribution in [3.8, 4) is 0 Å². The summed E-state index contributed by atoms with van der Waals surface area (Å²) >= 11 is 2.29. The maximum atomic E-state index is 6.24. The van der Waals surface area contributed by atoms with Crippen molar-refractivity contribution in [3.05, 3.63) is 56.5 Å². The summed E-state index contributed by atoms with van der Waals surface area (Å²) in [5.41, 5.74) is 8.43. The maximum Gasteiger partial charge on any atom is 0.106 e. The van der Waals surface area contributed by atoms with E-state index in [2.05, 4.69) is 40.8 Å². The van der Waals surface area contributed by atoms with Crippen LogP contribution in [0.4, 0.5) is 0 Å². The number of rotatable bonds is 2. The summed E-state index contributed by atoms with van der Waals surface area (Å²) in [6, 6.07) is 10.2. The molecule has 0 saturated heterocycles. The molecule has 3 heteroatoms. The number of halogens is 1. The lowest BCUT2D eigenvalue weighted by Crippen LogP contribution is -2.12. The Bertz CT molecular complexity index is 504. The molecule has 16 heavy (non-hydrogen) atoms. The highest BCUT2D eigenvalue weighted by molar-refractivity contribution is 14.1. The fourth-order valence-electron chi connectivity index (χ4n) is 1.84. The second-order valence-corrected chi connectivity index (χ2v) is 5.15. The van der Waals surface area contributed by atoms with Gasteiger partial charge >= 0.3 is 0 Å². The zero-order chi connectivity index (χ0) is 11.7. The summed E-state index contributed by atoms with van der Waals surface area (Å²) in [4.78, 5) is 0. The minimum Gasteiger partial charge on any atom is -0.466 e. The minimum absolute atomic E-state index is 0.104. The quantitative estimate of drug-likeness (QED) is 0.857. The molecule has 0 aliphatic carbocycles. The topological polar surface area (TPSA) is 39.2 Å². The van der Waals surface area contributed by atoms with Crippen molar-refractivity contribution in [3.63, 3.8) is 0 Å². The van der Waals surface area contributed by atoms with E-state index in [1.54, 1.807) is 0 Å². The van der Waals surface area contributed by atoms with Gasteiger partial charge < -0.3 is 10.2 Å². The Hall–Kier alpha value is -0.810. The Balaban J connectivity index is 2.38. The van der Waals surface area contributed by atoms with Crippen LogP contribution >= 0.6 is 22.6 Å². The Labute approximate surface area is 109 Å². The van der Waals surface area contributed by atoms with Crippen LogP contribution in [-0.4, -0.2) is 0 Å². The molecule has 0 amide bonds. The molecule has 0 fully saturated rings. The molecular weight excluding hydrogens is 313 g/mol. The summed E-state index contributed by atoms with van der Waals surface area (Å²) in [5.74, 6) is 1.82. The molecule has 0 saturated carbocycles. The predicted molar refractivity (Wildman–Crippen MR) is 73.4 cm³/mol. The average Bonchev–Trinajstić information content (AvgIpc) is 2.57. The normalized spacial score (nSPS) is 12.8. The third-order valence-electron chi connectivity index (χ3n) is 2.62. The van der Waals surface area contributed by atoms with E-state index in [1.165, 1.54) is 3.57 Å². The van der Waals surface area contributed by atoms with Gasteiger partial charge in [-0.05, 0) is 60.2 Å². The molecule has 1 aromatic heterocycles. The van der Waals surface area contributed by atoms with Crippen molar-refractivity contribution < 1.29 is 4.42 Å². The van der Waals surface area contributed by atoms with Gasteiger partial charge in [0.2, 0.25) is 0 Å². The standard InChI is InChI=1S/C13H14INO/c1-8-6-12(9(2)16-8)13(15)10-4-3-5-11(14)7-10/h3-7,13H,15H2,1-2H3. The Morgan fingerprint density at radius 1 is 1.25 bits per heavy atom. The van der Waals surface area contributed by atoms with Crippen molar-refractivity contribution in [2.75, 3.05) is 0 Å². The van der Waals surface area contributed by atoms with Crippen molar-refractivity contribution >= 4 is 22.6 Å². The number of hydrogen-bond acceptors (Lipinski definition) is 2. The number of aryl methyl sites for hydroxylation is 2. The first-order valence-electron chi connectivity index (χ1n) is 5.16. The summed E-state index contributed by atoms with van der Waals surface area (Å²) in [5, 5.41) is 0. The number of nitrogens with two attached hydrogens (primary N) is 1. The molecule has 84 valence electrons. The maximum absolute atomic E-state index is 6.24. The van der Waals surface area contributed by atoms with Crippen molar-refractivity contribution in [1.82, 2.24) is 0 Å². The molecular formula is C13H14INO. The van der Waals surface area contributed by atoms with Crippen LogP contribution in [0.2, 0.25) is 0 Å². The first-order valence-corrected chi connectivity index (χ1v) is 6.24. The highest BCUT2D eigenvalue weighted by atomic mass is 127. The monoisotopic (exact) mass is 327 g/mol. The van der Waals surface area contributed by atoms with Gasteiger partial charge in [0.25, 0.3) is 0 Å². The van der Waals surface area contributed by atoms with E-state index in [1.807, 2.05) is 26.0 Å². The fraction of sp³-hybridized carbons (Fsp3) is 0.231.